The topological polar surface area (TPSA) is 63.8 Å². The number of rotatable bonds is 8. The van der Waals surface area contributed by atoms with Crippen molar-refractivity contribution in [3.63, 3.8) is 0 Å². The lowest BCUT2D eigenvalue weighted by Gasteiger charge is -2.16. The molecule has 3 N–H and O–H groups in total. The SMILES string of the molecule is CC(C)c1cccc(-c2cnc(NC[C@H](N)Cc3ccccc3)cc2-c2ccncc2)c1. The van der Waals surface area contributed by atoms with Gasteiger partial charge < -0.3 is 11.1 Å². The van der Waals surface area contributed by atoms with Gasteiger partial charge in [0, 0.05) is 36.7 Å². The first-order valence-electron chi connectivity index (χ1n) is 11.1. The maximum Gasteiger partial charge on any atom is 0.126 e. The normalized spacial score (nSPS) is 12.0. The van der Waals surface area contributed by atoms with Crippen molar-refractivity contribution in [2.24, 2.45) is 5.73 Å². The van der Waals surface area contributed by atoms with Crippen LogP contribution in [0.4, 0.5) is 5.82 Å². The van der Waals surface area contributed by atoms with Crippen molar-refractivity contribution in [1.82, 2.24) is 9.97 Å². The highest BCUT2D eigenvalue weighted by atomic mass is 15.0. The third-order valence-electron chi connectivity index (χ3n) is 5.65. The van der Waals surface area contributed by atoms with Crippen LogP contribution in [0.5, 0.6) is 0 Å². The largest absolute Gasteiger partial charge is 0.368 e. The van der Waals surface area contributed by atoms with Gasteiger partial charge in [0.2, 0.25) is 0 Å². The second kappa shape index (κ2) is 10.2. The Bertz CT molecular complexity index is 1140. The first-order chi connectivity index (χ1) is 15.6. The van der Waals surface area contributed by atoms with E-state index in [-0.39, 0.29) is 6.04 Å². The number of hydrogen-bond acceptors (Lipinski definition) is 4. The highest BCUT2D eigenvalue weighted by molar-refractivity contribution is 5.84. The van der Waals surface area contributed by atoms with Crippen molar-refractivity contribution >= 4 is 5.82 Å². The van der Waals surface area contributed by atoms with Gasteiger partial charge in [-0.05, 0) is 58.4 Å². The fourth-order valence-electron chi connectivity index (χ4n) is 3.84. The average molecular weight is 423 g/mol. The molecule has 0 spiro atoms. The van der Waals surface area contributed by atoms with Gasteiger partial charge in [0.1, 0.15) is 5.82 Å². The van der Waals surface area contributed by atoms with Gasteiger partial charge in [-0.3, -0.25) is 4.98 Å². The highest BCUT2D eigenvalue weighted by Gasteiger charge is 2.12. The summed E-state index contributed by atoms with van der Waals surface area (Å²) in [5, 5.41) is 3.43. The van der Waals surface area contributed by atoms with Gasteiger partial charge >= 0.3 is 0 Å². The molecule has 4 aromatic rings. The molecular weight excluding hydrogens is 392 g/mol. The molecule has 0 aliphatic heterocycles. The summed E-state index contributed by atoms with van der Waals surface area (Å²) in [7, 11) is 0. The van der Waals surface area contributed by atoms with Crippen LogP contribution >= 0.6 is 0 Å². The number of benzene rings is 2. The molecule has 0 amide bonds. The maximum absolute atomic E-state index is 6.37. The summed E-state index contributed by atoms with van der Waals surface area (Å²) in [6, 6.07) is 25.2. The van der Waals surface area contributed by atoms with Crippen LogP contribution in [0.2, 0.25) is 0 Å². The number of hydrogen-bond donors (Lipinski definition) is 2. The highest BCUT2D eigenvalue weighted by Crippen LogP contribution is 2.34. The first kappa shape index (κ1) is 21.7. The van der Waals surface area contributed by atoms with E-state index in [1.54, 1.807) is 0 Å². The van der Waals surface area contributed by atoms with Crippen LogP contribution in [0.25, 0.3) is 22.3 Å². The van der Waals surface area contributed by atoms with Crippen molar-refractivity contribution in [3.8, 4) is 22.3 Å². The van der Waals surface area contributed by atoms with Gasteiger partial charge in [-0.2, -0.15) is 0 Å². The summed E-state index contributed by atoms with van der Waals surface area (Å²) in [6.45, 7) is 5.08. The van der Waals surface area contributed by atoms with Crippen LogP contribution < -0.4 is 11.1 Å². The van der Waals surface area contributed by atoms with Crippen LogP contribution in [0.3, 0.4) is 0 Å². The second-order valence-electron chi connectivity index (χ2n) is 8.46. The Labute approximate surface area is 190 Å². The van der Waals surface area contributed by atoms with Crippen LogP contribution in [-0.2, 0) is 6.42 Å². The molecule has 0 fully saturated rings. The molecular formula is C28H30N4. The Balaban J connectivity index is 1.60. The van der Waals surface area contributed by atoms with Crippen molar-refractivity contribution in [3.05, 3.63) is 103 Å². The molecule has 2 aromatic carbocycles. The molecule has 32 heavy (non-hydrogen) atoms. The monoisotopic (exact) mass is 422 g/mol. The Morgan fingerprint density at radius 1 is 0.844 bits per heavy atom. The van der Waals surface area contributed by atoms with E-state index in [0.717, 1.165) is 28.9 Å². The molecule has 2 aromatic heterocycles. The Morgan fingerprint density at radius 2 is 1.62 bits per heavy atom. The molecule has 0 bridgehead atoms. The molecule has 2 heterocycles. The molecule has 4 rings (SSSR count). The van der Waals surface area contributed by atoms with E-state index in [1.165, 1.54) is 16.7 Å². The second-order valence-corrected chi connectivity index (χ2v) is 8.46. The number of nitrogens with two attached hydrogens (primary N) is 1. The molecule has 4 heteroatoms. The zero-order chi connectivity index (χ0) is 22.3. The molecule has 4 nitrogen and oxygen atoms in total. The minimum Gasteiger partial charge on any atom is -0.368 e. The van der Waals surface area contributed by atoms with E-state index in [4.69, 9.17) is 10.7 Å². The van der Waals surface area contributed by atoms with Gasteiger partial charge in [-0.1, -0.05) is 68.4 Å². The van der Waals surface area contributed by atoms with E-state index in [9.17, 15) is 0 Å². The molecule has 0 radical (unpaired) electrons. The summed E-state index contributed by atoms with van der Waals surface area (Å²) >= 11 is 0. The zero-order valence-electron chi connectivity index (χ0n) is 18.7. The van der Waals surface area contributed by atoms with Crippen LogP contribution in [0.1, 0.15) is 30.9 Å². The molecule has 0 aliphatic carbocycles. The standard InChI is InChI=1S/C28H30N4/c1-20(2)23-9-6-10-24(16-23)27-19-32-28(17-26(27)22-11-13-30-14-12-22)31-18-25(29)15-21-7-4-3-5-8-21/h3-14,16-17,19-20,25H,15,18,29H2,1-2H3,(H,31,32)/t25-/m1/s1. The van der Waals surface area contributed by atoms with E-state index in [0.29, 0.717) is 12.5 Å². The van der Waals surface area contributed by atoms with Gasteiger partial charge in [0.25, 0.3) is 0 Å². The van der Waals surface area contributed by atoms with E-state index in [1.807, 2.05) is 48.9 Å². The Morgan fingerprint density at radius 3 is 2.38 bits per heavy atom. The number of pyridine rings is 2. The van der Waals surface area contributed by atoms with Crippen molar-refractivity contribution in [1.29, 1.82) is 0 Å². The van der Waals surface area contributed by atoms with Crippen LogP contribution in [-0.4, -0.2) is 22.6 Å². The summed E-state index contributed by atoms with van der Waals surface area (Å²) < 4.78 is 0. The van der Waals surface area contributed by atoms with Crippen molar-refractivity contribution in [2.45, 2.75) is 32.2 Å². The van der Waals surface area contributed by atoms with Gasteiger partial charge in [-0.25, -0.2) is 4.98 Å². The van der Waals surface area contributed by atoms with Crippen LogP contribution in [0.15, 0.2) is 91.4 Å². The minimum absolute atomic E-state index is 0.00553. The smallest absolute Gasteiger partial charge is 0.126 e. The lowest BCUT2D eigenvalue weighted by atomic mass is 9.93. The van der Waals surface area contributed by atoms with E-state index in [2.05, 4.69) is 66.6 Å². The van der Waals surface area contributed by atoms with E-state index >= 15 is 0 Å². The van der Waals surface area contributed by atoms with Gasteiger partial charge in [0.05, 0.1) is 0 Å². The van der Waals surface area contributed by atoms with E-state index < -0.39 is 0 Å². The third kappa shape index (κ3) is 5.40. The lowest BCUT2D eigenvalue weighted by Crippen LogP contribution is -2.31. The fourth-order valence-corrected chi connectivity index (χ4v) is 3.84. The molecule has 0 unspecified atom stereocenters. The molecule has 0 saturated heterocycles. The fraction of sp³-hybridized carbons (Fsp3) is 0.214. The Hall–Kier alpha value is -3.50. The van der Waals surface area contributed by atoms with Gasteiger partial charge in [0.15, 0.2) is 0 Å². The molecule has 1 atom stereocenters. The third-order valence-corrected chi connectivity index (χ3v) is 5.65. The summed E-state index contributed by atoms with van der Waals surface area (Å²) in [5.74, 6) is 1.29. The summed E-state index contributed by atoms with van der Waals surface area (Å²) in [6.07, 6.45) is 6.44. The quantitative estimate of drug-likeness (QED) is 0.370. The summed E-state index contributed by atoms with van der Waals surface area (Å²) in [5.41, 5.74) is 13.5. The number of nitrogens with zero attached hydrogens (tertiary/aromatic N) is 2. The summed E-state index contributed by atoms with van der Waals surface area (Å²) in [4.78, 5) is 8.90. The average Bonchev–Trinajstić information content (AvgIpc) is 2.84. The maximum atomic E-state index is 6.37. The van der Waals surface area contributed by atoms with Crippen LogP contribution in [0, 0.1) is 0 Å². The number of aromatic nitrogens is 2. The zero-order valence-corrected chi connectivity index (χ0v) is 18.7. The van der Waals surface area contributed by atoms with Crippen molar-refractivity contribution in [2.75, 3.05) is 11.9 Å². The number of anilines is 1. The molecule has 0 saturated carbocycles. The molecule has 162 valence electrons. The predicted molar refractivity (Wildman–Crippen MR) is 134 cm³/mol. The number of nitrogens with one attached hydrogen (secondary N) is 1. The minimum atomic E-state index is 0.00553. The first-order valence-corrected chi connectivity index (χ1v) is 11.1. The van der Waals surface area contributed by atoms with Crippen molar-refractivity contribution < 1.29 is 0 Å². The Kier molecular flexibility index (Phi) is 6.93. The molecule has 0 aliphatic rings. The lowest BCUT2D eigenvalue weighted by molar-refractivity contribution is 0.698. The van der Waals surface area contributed by atoms with Gasteiger partial charge in [-0.15, -0.1) is 0 Å². The predicted octanol–water partition coefficient (Wildman–Crippen LogP) is 5.92.